The van der Waals surface area contributed by atoms with Gasteiger partial charge in [0.05, 0.1) is 0 Å². The molecule has 3 heteroatoms. The zero-order valence-corrected chi connectivity index (χ0v) is 15.4. The number of ketones is 1. The topological polar surface area (TPSA) is 17.1 Å². The fourth-order valence-electron chi connectivity index (χ4n) is 2.08. The Morgan fingerprint density at radius 1 is 0.750 bits per heavy atom. The first kappa shape index (κ1) is 15.9. The van der Waals surface area contributed by atoms with E-state index in [4.69, 9.17) is 0 Å². The van der Waals surface area contributed by atoms with E-state index in [2.05, 4.69) is 69.4 Å². The van der Waals surface area contributed by atoms with E-state index >= 15 is 0 Å². The second kappa shape index (κ2) is 8.12. The average molecular weight is 490 g/mol. The van der Waals surface area contributed by atoms with Crippen LogP contribution in [0, 0.1) is 7.14 Å². The molecule has 0 spiro atoms. The number of benzene rings is 2. The van der Waals surface area contributed by atoms with Crippen LogP contribution in [0.2, 0.25) is 0 Å². The quantitative estimate of drug-likeness (QED) is 0.520. The monoisotopic (exact) mass is 490 g/mol. The molecule has 2 aromatic rings. The summed E-state index contributed by atoms with van der Waals surface area (Å²) < 4.78 is 2.49. The lowest BCUT2D eigenvalue weighted by Gasteiger charge is -2.05. The molecular weight excluding hydrogens is 474 g/mol. The Morgan fingerprint density at radius 2 is 1.15 bits per heavy atom. The molecule has 0 unspecified atom stereocenters. The van der Waals surface area contributed by atoms with Crippen LogP contribution in [-0.4, -0.2) is 5.78 Å². The summed E-state index contributed by atoms with van der Waals surface area (Å²) in [6.07, 6.45) is 2.99. The maximum Gasteiger partial charge on any atom is 0.133 e. The minimum absolute atomic E-state index is 0.351. The molecule has 0 amide bonds. The standard InChI is InChI=1S/C17H16I2O/c18-16-7-3-1-5-13(16)9-11-15(20)12-10-14-6-2-4-8-17(14)19/h1-8H,9-12H2. The van der Waals surface area contributed by atoms with Gasteiger partial charge in [0.25, 0.3) is 0 Å². The van der Waals surface area contributed by atoms with Crippen LogP contribution >= 0.6 is 45.2 Å². The van der Waals surface area contributed by atoms with E-state index in [1.54, 1.807) is 0 Å². The number of halogens is 2. The summed E-state index contributed by atoms with van der Waals surface area (Å²) in [5.41, 5.74) is 2.55. The lowest BCUT2D eigenvalue weighted by Crippen LogP contribution is -2.03. The molecule has 2 rings (SSSR count). The van der Waals surface area contributed by atoms with Crippen molar-refractivity contribution in [1.29, 1.82) is 0 Å². The molecule has 0 heterocycles. The van der Waals surface area contributed by atoms with Crippen molar-refractivity contribution < 1.29 is 4.79 Å². The minimum atomic E-state index is 0.351. The second-order valence-corrected chi connectivity index (χ2v) is 7.05. The van der Waals surface area contributed by atoms with Gasteiger partial charge in [-0.3, -0.25) is 4.79 Å². The first-order valence-corrected chi connectivity index (χ1v) is 8.81. The molecule has 104 valence electrons. The molecule has 0 aliphatic rings. The first-order valence-electron chi connectivity index (χ1n) is 6.65. The third-order valence-electron chi connectivity index (χ3n) is 3.26. The highest BCUT2D eigenvalue weighted by molar-refractivity contribution is 14.1. The number of carbonyl (C=O) groups excluding carboxylic acids is 1. The van der Waals surface area contributed by atoms with Crippen molar-refractivity contribution in [2.24, 2.45) is 0 Å². The van der Waals surface area contributed by atoms with Crippen LogP contribution in [0.25, 0.3) is 0 Å². The molecule has 0 bridgehead atoms. The SMILES string of the molecule is O=C(CCc1ccccc1I)CCc1ccccc1I. The van der Waals surface area contributed by atoms with E-state index in [1.807, 2.05) is 24.3 Å². The summed E-state index contributed by atoms with van der Waals surface area (Å²) in [6.45, 7) is 0. The number of rotatable bonds is 6. The van der Waals surface area contributed by atoms with Gasteiger partial charge in [-0.2, -0.15) is 0 Å². The smallest absolute Gasteiger partial charge is 0.133 e. The van der Waals surface area contributed by atoms with E-state index < -0.39 is 0 Å². The molecule has 1 nitrogen and oxygen atoms in total. The molecule has 0 aliphatic carbocycles. The molecule has 0 aliphatic heterocycles. The van der Waals surface area contributed by atoms with Crippen molar-refractivity contribution >= 4 is 51.0 Å². The predicted molar refractivity (Wildman–Crippen MR) is 100.0 cm³/mol. The van der Waals surface area contributed by atoms with Gasteiger partial charge in [0.1, 0.15) is 5.78 Å². The maximum atomic E-state index is 12.0. The zero-order chi connectivity index (χ0) is 14.4. The fourth-order valence-corrected chi connectivity index (χ4v) is 3.39. The van der Waals surface area contributed by atoms with Gasteiger partial charge in [-0.1, -0.05) is 36.4 Å². The first-order chi connectivity index (χ1) is 9.66. The summed E-state index contributed by atoms with van der Waals surface area (Å²) in [6, 6.07) is 16.5. The van der Waals surface area contributed by atoms with Crippen LogP contribution in [0.4, 0.5) is 0 Å². The van der Waals surface area contributed by atoms with E-state index in [1.165, 1.54) is 18.3 Å². The number of hydrogen-bond donors (Lipinski definition) is 0. The van der Waals surface area contributed by atoms with Crippen LogP contribution in [0.1, 0.15) is 24.0 Å². The summed E-state index contributed by atoms with van der Waals surface area (Å²) >= 11 is 4.66. The van der Waals surface area contributed by atoms with Gasteiger partial charge < -0.3 is 0 Å². The Bertz CT molecular complexity index is 542. The maximum absolute atomic E-state index is 12.0. The molecule has 0 atom stereocenters. The van der Waals surface area contributed by atoms with Crippen molar-refractivity contribution in [3.05, 3.63) is 66.8 Å². The summed E-state index contributed by atoms with van der Waals surface area (Å²) in [5, 5.41) is 0. The normalized spacial score (nSPS) is 10.5. The highest BCUT2D eigenvalue weighted by atomic mass is 127. The van der Waals surface area contributed by atoms with Crippen molar-refractivity contribution in [1.82, 2.24) is 0 Å². The van der Waals surface area contributed by atoms with Crippen LogP contribution in [0.15, 0.2) is 48.5 Å². The lowest BCUT2D eigenvalue weighted by molar-refractivity contribution is -0.119. The summed E-state index contributed by atoms with van der Waals surface area (Å²) in [5.74, 6) is 0.351. The molecule has 0 saturated carbocycles. The number of aryl methyl sites for hydroxylation is 2. The summed E-state index contributed by atoms with van der Waals surface area (Å²) in [7, 11) is 0. The van der Waals surface area contributed by atoms with Crippen LogP contribution in [-0.2, 0) is 17.6 Å². The largest absolute Gasteiger partial charge is 0.300 e. The fraction of sp³-hybridized carbons (Fsp3) is 0.235. The van der Waals surface area contributed by atoms with E-state index in [0.717, 1.165) is 12.8 Å². The van der Waals surface area contributed by atoms with Crippen molar-refractivity contribution in [2.75, 3.05) is 0 Å². The van der Waals surface area contributed by atoms with E-state index in [0.29, 0.717) is 18.6 Å². The van der Waals surface area contributed by atoms with Crippen molar-refractivity contribution in [3.8, 4) is 0 Å². The molecule has 2 aromatic carbocycles. The lowest BCUT2D eigenvalue weighted by atomic mass is 10.0. The van der Waals surface area contributed by atoms with Crippen molar-refractivity contribution in [2.45, 2.75) is 25.7 Å². The van der Waals surface area contributed by atoms with Gasteiger partial charge in [-0.05, 0) is 81.3 Å². The van der Waals surface area contributed by atoms with E-state index in [9.17, 15) is 4.79 Å². The predicted octanol–water partition coefficient (Wildman–Crippen LogP) is 5.03. The summed E-state index contributed by atoms with van der Waals surface area (Å²) in [4.78, 5) is 12.0. The zero-order valence-electron chi connectivity index (χ0n) is 11.1. The van der Waals surface area contributed by atoms with Gasteiger partial charge in [0.15, 0.2) is 0 Å². The molecule has 0 aromatic heterocycles. The van der Waals surface area contributed by atoms with Crippen LogP contribution < -0.4 is 0 Å². The number of carbonyl (C=O) groups is 1. The van der Waals surface area contributed by atoms with Gasteiger partial charge in [-0.25, -0.2) is 0 Å². The second-order valence-electron chi connectivity index (χ2n) is 4.72. The average Bonchev–Trinajstić information content (AvgIpc) is 2.45. The Hall–Kier alpha value is -0.430. The third kappa shape index (κ3) is 4.84. The van der Waals surface area contributed by atoms with Crippen molar-refractivity contribution in [3.63, 3.8) is 0 Å². The number of Topliss-reactive ketones (excluding diaryl/α,β-unsaturated/α-hetero) is 1. The third-order valence-corrected chi connectivity index (χ3v) is 5.37. The van der Waals surface area contributed by atoms with Crippen LogP contribution in [0.5, 0.6) is 0 Å². The molecule has 0 saturated heterocycles. The van der Waals surface area contributed by atoms with Gasteiger partial charge in [0, 0.05) is 20.0 Å². The van der Waals surface area contributed by atoms with Gasteiger partial charge in [-0.15, -0.1) is 0 Å². The highest BCUT2D eigenvalue weighted by Gasteiger charge is 2.06. The Kier molecular flexibility index (Phi) is 6.48. The van der Waals surface area contributed by atoms with Gasteiger partial charge >= 0.3 is 0 Å². The highest BCUT2D eigenvalue weighted by Crippen LogP contribution is 2.16. The van der Waals surface area contributed by atoms with Gasteiger partial charge in [0.2, 0.25) is 0 Å². The minimum Gasteiger partial charge on any atom is -0.300 e. The molecule has 20 heavy (non-hydrogen) atoms. The Balaban J connectivity index is 1.82. The molecule has 0 N–H and O–H groups in total. The molecular formula is C17H16I2O. The molecule has 0 radical (unpaired) electrons. The Morgan fingerprint density at radius 3 is 1.55 bits per heavy atom. The van der Waals surface area contributed by atoms with E-state index in [-0.39, 0.29) is 0 Å². The Labute approximate surface area is 147 Å². The molecule has 0 fully saturated rings. The number of hydrogen-bond acceptors (Lipinski definition) is 1. The van der Waals surface area contributed by atoms with Crippen LogP contribution in [0.3, 0.4) is 0 Å².